The van der Waals surface area contributed by atoms with Crippen LogP contribution in [0.2, 0.25) is 0 Å². The molecule has 0 unspecified atom stereocenters. The van der Waals surface area contributed by atoms with Gasteiger partial charge in [-0.1, -0.05) is 71.1 Å². The first-order valence-electron chi connectivity index (χ1n) is 28.8. The molecule has 3 saturated heterocycles. The van der Waals surface area contributed by atoms with Gasteiger partial charge in [-0.15, -0.1) is 0 Å². The van der Waals surface area contributed by atoms with Gasteiger partial charge < -0.3 is 53.4 Å². The Kier molecular flexibility index (Phi) is 26.3. The largest absolute Gasteiger partial charge is 0.460 e. The van der Waals surface area contributed by atoms with E-state index >= 15 is 0 Å². The predicted octanol–water partition coefficient (Wildman–Crippen LogP) is 6.68. The third-order valence-electron chi connectivity index (χ3n) is 17.0. The Balaban J connectivity index is 1.41. The Morgan fingerprint density at radius 1 is 0.844 bits per heavy atom. The van der Waals surface area contributed by atoms with Crippen LogP contribution in [0.4, 0.5) is 0 Å². The second kappa shape index (κ2) is 31.5. The molecular weight excluding hydrogens is 989 g/mol. The summed E-state index contributed by atoms with van der Waals surface area (Å²) in [6, 6.07) is -0.783. The number of nitrogens with zero attached hydrogens (tertiary/aromatic N) is 2. The molecule has 0 aromatic rings. The van der Waals surface area contributed by atoms with Crippen LogP contribution in [0.3, 0.4) is 0 Å². The standard InChI is InChI=1S/C60H96N2O15/c1-38-17-12-11-13-18-39(2)51(75-30-27-63)35-47-22-20-44(7)60(70,77-47)57(67)58(68)62-25-15-14-19-48(62)59(69)76-52(36-49(64)40(3)32-43(6)55(66)56(72-10)54(65)42(5)31-38)41(4)33-46-21-23-50(53(34-46)71-9)74-28-16-24-61-26-29-73-37-45(61)8/h11-13,17-18,32,38,40-42,44-48,50-53,55-56,63,66,70H,14-16,19-31,33-37H2,1-10H3/t38-,40-,41-,42-,44-,45-,46+,47+,48+,50-,51-,52+,53-,55-,56+,60-/m1/s1. The van der Waals surface area contributed by atoms with Crippen molar-refractivity contribution in [1.82, 2.24) is 9.80 Å². The zero-order valence-corrected chi connectivity index (χ0v) is 48.1. The molecule has 77 heavy (non-hydrogen) atoms. The van der Waals surface area contributed by atoms with E-state index in [2.05, 4.69) is 11.8 Å². The minimum atomic E-state index is -2.48. The van der Waals surface area contributed by atoms with E-state index in [1.165, 1.54) is 12.0 Å². The molecule has 436 valence electrons. The predicted molar refractivity (Wildman–Crippen MR) is 291 cm³/mol. The molecule has 5 aliphatic rings. The zero-order chi connectivity index (χ0) is 56.4. The molecule has 0 aromatic carbocycles. The molecule has 17 heteroatoms. The van der Waals surface area contributed by atoms with Gasteiger partial charge in [0.05, 0.1) is 50.8 Å². The monoisotopic (exact) mass is 1080 g/mol. The van der Waals surface area contributed by atoms with Crippen molar-refractivity contribution in [2.45, 2.75) is 199 Å². The van der Waals surface area contributed by atoms with Crippen molar-refractivity contribution in [1.29, 1.82) is 0 Å². The number of morpholine rings is 1. The number of allylic oxidation sites excluding steroid dienone is 6. The fourth-order valence-electron chi connectivity index (χ4n) is 12.0. The number of amides is 1. The molecule has 4 heterocycles. The molecule has 1 aliphatic carbocycles. The van der Waals surface area contributed by atoms with Gasteiger partial charge in [0.25, 0.3) is 11.7 Å². The minimum Gasteiger partial charge on any atom is -0.460 e. The molecule has 1 amide bonds. The number of cyclic esters (lactones) is 1. The third kappa shape index (κ3) is 18.3. The SMILES string of the molecule is CO[C@@H]1C[C@H](C[C@@H](C)[C@@H]2CC(=O)[C@H](C)C=C(C)[C@@H](O)[C@@H](OC)C(=O)[C@H](C)C[C@H](C)C=CC=CC=C(C)[C@H](OCCO)C[C@@H]3CC[C@@H](C)[C@@](O)(O3)C(=O)C(=O)N3CCCC[C@H]3C(=O)O2)CC[C@H]1OCCCN1CCOC[C@H]1C. The number of ether oxygens (including phenoxy) is 7. The lowest BCUT2D eigenvalue weighted by atomic mass is 9.78. The summed E-state index contributed by atoms with van der Waals surface area (Å²) in [6.45, 7) is 18.7. The van der Waals surface area contributed by atoms with Gasteiger partial charge in [0.1, 0.15) is 30.1 Å². The lowest BCUT2D eigenvalue weighted by Crippen LogP contribution is -2.61. The van der Waals surface area contributed by atoms with Crippen molar-refractivity contribution >= 4 is 29.2 Å². The van der Waals surface area contributed by atoms with E-state index in [9.17, 15) is 39.3 Å². The number of esters is 1. The maximum absolute atomic E-state index is 14.6. The fourth-order valence-corrected chi connectivity index (χ4v) is 12.0. The number of fused-ring (bicyclic) bond motifs is 3. The molecule has 16 atom stereocenters. The van der Waals surface area contributed by atoms with Crippen LogP contribution in [0.25, 0.3) is 0 Å². The van der Waals surface area contributed by atoms with Crippen LogP contribution in [0.5, 0.6) is 0 Å². The highest BCUT2D eigenvalue weighted by molar-refractivity contribution is 6.39. The van der Waals surface area contributed by atoms with Gasteiger partial charge in [-0.05, 0) is 120 Å². The molecule has 2 bridgehead atoms. The number of aliphatic hydroxyl groups is 3. The molecule has 0 aromatic heterocycles. The van der Waals surface area contributed by atoms with Gasteiger partial charge in [-0.25, -0.2) is 4.79 Å². The lowest BCUT2D eigenvalue weighted by molar-refractivity contribution is -0.266. The van der Waals surface area contributed by atoms with Crippen LogP contribution in [0.1, 0.15) is 139 Å². The topological polar surface area (TPSA) is 217 Å². The summed E-state index contributed by atoms with van der Waals surface area (Å²) in [5.41, 5.74) is 1.19. The molecule has 3 N–H and O–H groups in total. The summed E-state index contributed by atoms with van der Waals surface area (Å²) in [4.78, 5) is 75.4. The summed E-state index contributed by atoms with van der Waals surface area (Å²) >= 11 is 0. The summed E-state index contributed by atoms with van der Waals surface area (Å²) in [7, 11) is 3.09. The smallest absolute Gasteiger partial charge is 0.329 e. The Morgan fingerprint density at radius 2 is 1.61 bits per heavy atom. The van der Waals surface area contributed by atoms with Crippen LogP contribution in [-0.4, -0.2) is 182 Å². The highest BCUT2D eigenvalue weighted by Crippen LogP contribution is 2.38. The molecule has 4 fully saturated rings. The van der Waals surface area contributed by atoms with Crippen LogP contribution < -0.4 is 0 Å². The molecule has 1 saturated carbocycles. The molecular formula is C60H96N2O15. The van der Waals surface area contributed by atoms with Crippen LogP contribution in [-0.2, 0) is 57.1 Å². The zero-order valence-electron chi connectivity index (χ0n) is 48.1. The van der Waals surface area contributed by atoms with Crippen molar-refractivity contribution in [3.63, 3.8) is 0 Å². The van der Waals surface area contributed by atoms with Crippen molar-refractivity contribution in [3.8, 4) is 0 Å². The van der Waals surface area contributed by atoms with Crippen LogP contribution in [0.15, 0.2) is 47.6 Å². The first-order valence-corrected chi connectivity index (χ1v) is 28.8. The molecule has 0 spiro atoms. The second-order valence-electron chi connectivity index (χ2n) is 23.1. The first-order chi connectivity index (χ1) is 36.7. The summed E-state index contributed by atoms with van der Waals surface area (Å²) in [5.74, 6) is -8.09. The van der Waals surface area contributed by atoms with E-state index in [1.807, 2.05) is 58.1 Å². The minimum absolute atomic E-state index is 0.0100. The average Bonchev–Trinajstić information content (AvgIpc) is 3.41. The van der Waals surface area contributed by atoms with Crippen molar-refractivity contribution < 1.29 is 72.5 Å². The van der Waals surface area contributed by atoms with Gasteiger partial charge in [0.15, 0.2) is 5.78 Å². The number of Topliss-reactive ketones (excluding diaryl/α,β-unsaturated/α-hetero) is 3. The van der Waals surface area contributed by atoms with Crippen LogP contribution >= 0.6 is 0 Å². The molecule has 4 aliphatic heterocycles. The van der Waals surface area contributed by atoms with E-state index in [1.54, 1.807) is 34.0 Å². The van der Waals surface area contributed by atoms with Gasteiger partial charge >= 0.3 is 5.97 Å². The van der Waals surface area contributed by atoms with Crippen molar-refractivity contribution in [3.05, 3.63) is 47.6 Å². The van der Waals surface area contributed by atoms with E-state index in [4.69, 9.17) is 33.2 Å². The normalized spacial score (nSPS) is 36.2. The van der Waals surface area contributed by atoms with Gasteiger partial charge in [-0.2, -0.15) is 0 Å². The summed E-state index contributed by atoms with van der Waals surface area (Å²) in [6.07, 6.45) is 12.7. The summed E-state index contributed by atoms with van der Waals surface area (Å²) in [5, 5.41) is 33.4. The number of hydrogen-bond acceptors (Lipinski definition) is 16. The maximum Gasteiger partial charge on any atom is 0.329 e. The van der Waals surface area contributed by atoms with E-state index in [-0.39, 0.29) is 80.5 Å². The maximum atomic E-state index is 14.6. The van der Waals surface area contributed by atoms with Gasteiger partial charge in [0.2, 0.25) is 5.79 Å². The summed E-state index contributed by atoms with van der Waals surface area (Å²) < 4.78 is 42.3. The molecule has 5 rings (SSSR count). The molecule has 17 nitrogen and oxygen atoms in total. The van der Waals surface area contributed by atoms with Crippen LogP contribution in [0, 0.1) is 35.5 Å². The number of hydrogen-bond donors (Lipinski definition) is 3. The number of aliphatic hydroxyl groups excluding tert-OH is 2. The number of carbonyl (C=O) groups is 5. The average molecular weight is 1090 g/mol. The number of carbonyl (C=O) groups excluding carboxylic acids is 5. The number of ketones is 3. The highest BCUT2D eigenvalue weighted by Gasteiger charge is 2.53. The van der Waals surface area contributed by atoms with Gasteiger partial charge in [0, 0.05) is 77.1 Å². The fraction of sp³-hybridized carbons (Fsp3) is 0.783. The number of rotatable bonds is 13. The number of piperidine rings is 1. The van der Waals surface area contributed by atoms with Crippen molar-refractivity contribution in [2.75, 3.05) is 66.9 Å². The Morgan fingerprint density at radius 3 is 2.32 bits per heavy atom. The Labute approximate surface area is 459 Å². The highest BCUT2D eigenvalue weighted by atomic mass is 16.6. The first kappa shape index (κ1) is 64.3. The number of methoxy groups -OCH3 is 2. The van der Waals surface area contributed by atoms with E-state index in [0.29, 0.717) is 63.2 Å². The Hall–Kier alpha value is -3.49. The van der Waals surface area contributed by atoms with Crippen molar-refractivity contribution in [2.24, 2.45) is 35.5 Å². The van der Waals surface area contributed by atoms with E-state index < -0.39 is 77.8 Å². The Bertz CT molecular complexity index is 2040. The quantitative estimate of drug-likeness (QED) is 0.0759. The second-order valence-corrected chi connectivity index (χ2v) is 23.1. The van der Waals surface area contributed by atoms with Gasteiger partial charge in [-0.3, -0.25) is 24.1 Å². The lowest BCUT2D eigenvalue weighted by Gasteiger charge is -2.43. The third-order valence-corrected chi connectivity index (χ3v) is 17.0. The van der Waals surface area contributed by atoms with E-state index in [0.717, 1.165) is 51.1 Å². The molecule has 0 radical (unpaired) electrons.